The molecule has 5 unspecified atom stereocenters. The zero-order chi connectivity index (χ0) is 49.8. The van der Waals surface area contributed by atoms with Crippen LogP contribution in [0.15, 0.2) is 72.3 Å². The van der Waals surface area contributed by atoms with Gasteiger partial charge in [0.2, 0.25) is 11.0 Å². The van der Waals surface area contributed by atoms with Gasteiger partial charge in [0.15, 0.2) is 5.78 Å². The van der Waals surface area contributed by atoms with Crippen LogP contribution in [0, 0.1) is 48.3 Å². The van der Waals surface area contributed by atoms with Gasteiger partial charge in [0.05, 0.1) is 43.0 Å². The Labute approximate surface area is 417 Å². The highest BCUT2D eigenvalue weighted by Gasteiger charge is 2.61. The third kappa shape index (κ3) is 10.5. The first-order valence-electron chi connectivity index (χ1n) is 27.2. The SMILES string of the molecule is CCCC[n+]1c2ccccc2c(C(=O)Oc2c(C)cc(C(=O)NCCC[N+](C)(CCCC)CCCCC(=O)CCC3CC4=CC(=O)CC[C@]4(C)C4CC[C@]5(C)C(=O)CCC5C34)cc2C)c2ccccc21. The molecule has 1 amide bonds. The Morgan fingerprint density at radius 1 is 0.771 bits per heavy atom. The largest absolute Gasteiger partial charge is 0.422 e. The summed E-state index contributed by atoms with van der Waals surface area (Å²) in [6, 6.07) is 19.7. The highest BCUT2D eigenvalue weighted by atomic mass is 16.5. The van der Waals surface area contributed by atoms with E-state index in [0.29, 0.717) is 84.3 Å². The summed E-state index contributed by atoms with van der Waals surface area (Å²) < 4.78 is 9.45. The molecule has 0 radical (unpaired) electrons. The van der Waals surface area contributed by atoms with Crippen molar-refractivity contribution in [1.82, 2.24) is 5.32 Å². The van der Waals surface area contributed by atoms with Gasteiger partial charge in [-0.05, 0) is 142 Å². The number of Topliss-reactive ketones (excluding diaryl/α,β-unsaturated/α-hetero) is 2. The van der Waals surface area contributed by atoms with Crippen LogP contribution in [-0.2, 0) is 20.9 Å². The van der Waals surface area contributed by atoms with E-state index in [1.165, 1.54) is 5.57 Å². The number of esters is 1. The second kappa shape index (κ2) is 21.8. The fourth-order valence-electron chi connectivity index (χ4n) is 14.0. The second-order valence-electron chi connectivity index (χ2n) is 22.8. The van der Waals surface area contributed by atoms with E-state index < -0.39 is 5.97 Å². The number of hydrogen-bond acceptors (Lipinski definition) is 6. The van der Waals surface area contributed by atoms with Crippen molar-refractivity contribution < 1.29 is 37.8 Å². The maximum absolute atomic E-state index is 14.2. The molecule has 0 bridgehead atoms. The van der Waals surface area contributed by atoms with Crippen molar-refractivity contribution in [2.45, 2.75) is 157 Å². The fourth-order valence-corrected chi connectivity index (χ4v) is 14.0. The summed E-state index contributed by atoms with van der Waals surface area (Å²) in [5, 5.41) is 4.88. The molecule has 4 aromatic rings. The minimum absolute atomic E-state index is 0.0410. The molecular weight excluding hydrogens is 871 g/mol. The number of rotatable bonds is 21. The van der Waals surface area contributed by atoms with Gasteiger partial charge in [-0.25, -0.2) is 4.79 Å². The van der Waals surface area contributed by atoms with Crippen molar-refractivity contribution in [2.24, 2.45) is 34.5 Å². The van der Waals surface area contributed by atoms with E-state index in [2.05, 4.69) is 56.8 Å². The molecule has 1 N–H and O–H groups in total. The molecule has 3 aromatic carbocycles. The molecule has 9 heteroatoms. The Hall–Kier alpha value is -5.02. The number of aromatic nitrogens is 1. The zero-order valence-electron chi connectivity index (χ0n) is 43.6. The molecule has 70 heavy (non-hydrogen) atoms. The van der Waals surface area contributed by atoms with Gasteiger partial charge < -0.3 is 14.5 Å². The number of unbranched alkanes of at least 4 members (excludes halogenated alkanes) is 3. The molecule has 0 saturated heterocycles. The van der Waals surface area contributed by atoms with E-state index in [0.717, 1.165) is 147 Å². The van der Waals surface area contributed by atoms with Crippen LogP contribution < -0.4 is 14.6 Å². The molecule has 8 rings (SSSR count). The van der Waals surface area contributed by atoms with Gasteiger partial charge in [-0.2, -0.15) is 4.57 Å². The Balaban J connectivity index is 0.827. The minimum Gasteiger partial charge on any atom is -0.422 e. The Bertz CT molecular complexity index is 2590. The van der Waals surface area contributed by atoms with Crippen LogP contribution in [0.4, 0.5) is 0 Å². The average molecular weight is 952 g/mol. The molecule has 3 fully saturated rings. The number of allylic oxidation sites excluding steroid dienone is 1. The number of nitrogens with one attached hydrogen (secondary N) is 1. The molecule has 0 aliphatic heterocycles. The number of quaternary nitrogens is 1. The standard InChI is InChI=1S/C61H80N3O6/c1-8-10-33-63-52-22-14-12-20-48(52)56(49-21-13-15-23-53(49)63)59(69)70-57-41(3)37-44(38-42(57)4)58(68)62-32-18-36-64(7,34-11-9-2)35-17-16-19-46(65)25-24-43-39-45-40-47(66)28-30-60(45,5)51-29-31-61(6)50(55(43)51)26-27-54(61)67/h12-15,20-23,37-38,40,43,50-51,55H,8-11,16-19,24-36,39H2,1-7H3/q+1/p+1/t43?,50?,51?,55?,60-,61-,64?/m0/s1. The lowest BCUT2D eigenvalue weighted by molar-refractivity contribution is -0.910. The van der Waals surface area contributed by atoms with Crippen LogP contribution in [0.2, 0.25) is 0 Å². The molecule has 3 saturated carbocycles. The summed E-state index contributed by atoms with van der Waals surface area (Å²) in [4.78, 5) is 67.2. The predicted octanol–water partition coefficient (Wildman–Crippen LogP) is 12.1. The number of ether oxygens (including phenoxy) is 1. The lowest BCUT2D eigenvalue weighted by Gasteiger charge is -2.59. The molecule has 1 heterocycles. The Morgan fingerprint density at radius 3 is 2.10 bits per heavy atom. The number of carbonyl (C=O) groups is 5. The summed E-state index contributed by atoms with van der Waals surface area (Å²) in [5.41, 5.74) is 5.68. The van der Waals surface area contributed by atoms with Crippen LogP contribution in [0.3, 0.4) is 0 Å². The van der Waals surface area contributed by atoms with E-state index in [1.807, 2.05) is 68.5 Å². The van der Waals surface area contributed by atoms with Gasteiger partial charge in [0.25, 0.3) is 5.91 Å². The summed E-state index contributed by atoms with van der Waals surface area (Å²) >= 11 is 0. The van der Waals surface area contributed by atoms with Crippen LogP contribution >= 0.6 is 0 Å². The lowest BCUT2D eigenvalue weighted by atomic mass is 9.44. The van der Waals surface area contributed by atoms with Gasteiger partial charge in [0.1, 0.15) is 23.9 Å². The third-order valence-electron chi connectivity index (χ3n) is 18.0. The third-order valence-corrected chi connectivity index (χ3v) is 18.0. The smallest absolute Gasteiger partial charge is 0.345 e. The monoisotopic (exact) mass is 952 g/mol. The van der Waals surface area contributed by atoms with Crippen LogP contribution in [0.1, 0.15) is 169 Å². The maximum atomic E-state index is 14.2. The fraction of sp³-hybridized carbons (Fsp3) is 0.574. The number of benzene rings is 3. The number of carbonyl (C=O) groups excluding carboxylic acids is 5. The number of aryl methyl sites for hydroxylation is 3. The highest BCUT2D eigenvalue weighted by molar-refractivity contribution is 6.13. The quantitative estimate of drug-likeness (QED) is 0.0222. The van der Waals surface area contributed by atoms with E-state index in [9.17, 15) is 24.0 Å². The zero-order valence-corrected chi connectivity index (χ0v) is 43.6. The Morgan fingerprint density at radius 2 is 1.41 bits per heavy atom. The van der Waals surface area contributed by atoms with E-state index in [1.54, 1.807) is 0 Å². The van der Waals surface area contributed by atoms with E-state index in [-0.39, 0.29) is 22.5 Å². The Kier molecular flexibility index (Phi) is 16.0. The predicted molar refractivity (Wildman–Crippen MR) is 279 cm³/mol. The highest BCUT2D eigenvalue weighted by Crippen LogP contribution is 2.66. The van der Waals surface area contributed by atoms with Crippen molar-refractivity contribution in [3.63, 3.8) is 0 Å². The van der Waals surface area contributed by atoms with Gasteiger partial charge in [-0.15, -0.1) is 0 Å². The summed E-state index contributed by atoms with van der Waals surface area (Å²) in [6.07, 6.45) is 17.2. The first kappa shape index (κ1) is 51.3. The number of hydrogen-bond donors (Lipinski definition) is 1. The number of pyridine rings is 1. The summed E-state index contributed by atoms with van der Waals surface area (Å²) in [5.74, 6) is 2.65. The molecule has 4 aliphatic rings. The van der Waals surface area contributed by atoms with Gasteiger partial charge >= 0.3 is 5.97 Å². The molecule has 4 aliphatic carbocycles. The first-order chi connectivity index (χ1) is 33.6. The number of fused-ring (bicyclic) bond motifs is 7. The normalized spacial score (nSPS) is 24.9. The van der Waals surface area contributed by atoms with Crippen molar-refractivity contribution in [2.75, 3.05) is 33.2 Å². The molecule has 9 nitrogen and oxygen atoms in total. The topological polar surface area (TPSA) is 110 Å². The molecule has 374 valence electrons. The maximum Gasteiger partial charge on any atom is 0.345 e. The molecular formula is C61H81N3O6+2. The van der Waals surface area contributed by atoms with Crippen molar-refractivity contribution in [3.05, 3.63) is 94.6 Å². The van der Waals surface area contributed by atoms with Gasteiger partial charge in [-0.1, -0.05) is 70.4 Å². The summed E-state index contributed by atoms with van der Waals surface area (Å²) in [7, 11) is 2.32. The van der Waals surface area contributed by atoms with Crippen molar-refractivity contribution >= 4 is 51.0 Å². The summed E-state index contributed by atoms with van der Waals surface area (Å²) in [6.45, 7) is 17.2. The molecule has 1 aromatic heterocycles. The van der Waals surface area contributed by atoms with Crippen LogP contribution in [0.25, 0.3) is 21.8 Å². The van der Waals surface area contributed by atoms with Crippen molar-refractivity contribution in [3.8, 4) is 5.75 Å². The van der Waals surface area contributed by atoms with E-state index in [4.69, 9.17) is 4.74 Å². The number of para-hydroxylation sites is 2. The van der Waals surface area contributed by atoms with Crippen LogP contribution in [0.5, 0.6) is 5.75 Å². The molecule has 7 atom stereocenters. The minimum atomic E-state index is -0.414. The molecule has 0 spiro atoms. The average Bonchev–Trinajstić information content (AvgIpc) is 3.66. The van der Waals surface area contributed by atoms with Crippen molar-refractivity contribution in [1.29, 1.82) is 0 Å². The second-order valence-corrected chi connectivity index (χ2v) is 22.8. The number of amides is 1. The number of nitrogens with zero attached hydrogens (tertiary/aromatic N) is 2. The van der Waals surface area contributed by atoms with Gasteiger partial charge in [0, 0.05) is 68.2 Å². The van der Waals surface area contributed by atoms with E-state index >= 15 is 0 Å². The number of ketones is 3. The first-order valence-corrected chi connectivity index (χ1v) is 27.2. The van der Waals surface area contributed by atoms with Crippen LogP contribution in [-0.4, -0.2) is 66.9 Å². The van der Waals surface area contributed by atoms with Gasteiger partial charge in [-0.3, -0.25) is 19.2 Å². The lowest BCUT2D eigenvalue weighted by Crippen LogP contribution is -2.53.